The first-order valence-corrected chi connectivity index (χ1v) is 10.3. The highest BCUT2D eigenvalue weighted by atomic mass is 16.2. The Morgan fingerprint density at radius 3 is 2.78 bits per heavy atom. The molecule has 2 heterocycles. The maximum absolute atomic E-state index is 13.0. The molecule has 2 aromatic rings. The number of benzene rings is 1. The first-order valence-electron chi connectivity index (χ1n) is 10.3. The van der Waals surface area contributed by atoms with Crippen LogP contribution in [0.4, 0.5) is 11.6 Å². The summed E-state index contributed by atoms with van der Waals surface area (Å²) < 4.78 is 0. The van der Waals surface area contributed by atoms with E-state index < -0.39 is 0 Å². The molecule has 4 N–H and O–H groups in total. The zero-order valence-electron chi connectivity index (χ0n) is 18.0. The summed E-state index contributed by atoms with van der Waals surface area (Å²) in [6, 6.07) is 8.63. The number of carbonyl (C=O) groups excluding carboxylic acids is 2. The van der Waals surface area contributed by atoms with E-state index in [4.69, 9.17) is 5.73 Å². The molecule has 0 bridgehead atoms. The van der Waals surface area contributed by atoms with Crippen LogP contribution < -0.4 is 16.4 Å². The molecule has 1 aliphatic heterocycles. The maximum atomic E-state index is 13.0. The Bertz CT molecular complexity index is 1040. The van der Waals surface area contributed by atoms with Crippen molar-refractivity contribution >= 4 is 29.2 Å². The van der Waals surface area contributed by atoms with Crippen molar-refractivity contribution in [3.63, 3.8) is 0 Å². The van der Waals surface area contributed by atoms with E-state index >= 15 is 0 Å². The van der Waals surface area contributed by atoms with Crippen LogP contribution in [0.2, 0.25) is 0 Å². The Morgan fingerprint density at radius 2 is 2.09 bits per heavy atom. The van der Waals surface area contributed by atoms with Gasteiger partial charge >= 0.3 is 0 Å². The van der Waals surface area contributed by atoms with Crippen LogP contribution in [0.3, 0.4) is 0 Å². The van der Waals surface area contributed by atoms with Gasteiger partial charge in [0.15, 0.2) is 0 Å². The van der Waals surface area contributed by atoms with Gasteiger partial charge in [-0.15, -0.1) is 0 Å². The second-order valence-corrected chi connectivity index (χ2v) is 7.24. The third-order valence-corrected chi connectivity index (χ3v) is 5.04. The molecule has 1 aromatic heterocycles. The molecule has 0 aliphatic carbocycles. The number of piperidine rings is 1. The van der Waals surface area contributed by atoms with Crippen molar-refractivity contribution in [2.75, 3.05) is 30.8 Å². The lowest BCUT2D eigenvalue weighted by molar-refractivity contribution is -0.111. The molecule has 1 aliphatic rings. The normalized spacial score (nSPS) is 16.6. The van der Waals surface area contributed by atoms with E-state index in [1.54, 1.807) is 49.7 Å². The molecule has 0 spiro atoms. The number of aliphatic imine (C=N–C) groups is 1. The monoisotopic (exact) mass is 437 g/mol. The number of nitrogens with two attached hydrogens (primary N) is 1. The standard InChI is InChI=1S/C23H27N7O2.2H2/c1-3-21(31)27-17-8-6-16(7-9-17)22(32)30-14-4-5-18(15-30)28-23-26-13-11-20(29-23)19(25-2)10-12-24;;/h3,6-13,18H,1,4-5,14-15,24H2,2H3,(H,27,31)(H,26,28,29);2*1H/b12-10-,25-19?;;/t18-;;/m1../s1. The summed E-state index contributed by atoms with van der Waals surface area (Å²) in [5.41, 5.74) is 7.98. The molecule has 9 nitrogen and oxygen atoms in total. The minimum absolute atomic E-state index is 0. The number of carbonyl (C=O) groups is 2. The molecule has 1 aromatic carbocycles. The fourth-order valence-corrected chi connectivity index (χ4v) is 3.47. The van der Waals surface area contributed by atoms with Crippen LogP contribution in [0.25, 0.3) is 0 Å². The third kappa shape index (κ3) is 5.78. The molecule has 1 fully saturated rings. The lowest BCUT2D eigenvalue weighted by Crippen LogP contribution is -2.45. The zero-order valence-corrected chi connectivity index (χ0v) is 18.0. The van der Waals surface area contributed by atoms with E-state index in [2.05, 4.69) is 32.2 Å². The van der Waals surface area contributed by atoms with Crippen molar-refractivity contribution in [1.82, 2.24) is 14.9 Å². The van der Waals surface area contributed by atoms with Gasteiger partial charge in [-0.1, -0.05) is 6.58 Å². The average molecular weight is 438 g/mol. The van der Waals surface area contributed by atoms with Crippen LogP contribution in [0.1, 0.15) is 31.7 Å². The van der Waals surface area contributed by atoms with Gasteiger partial charge in [0.25, 0.3) is 5.91 Å². The van der Waals surface area contributed by atoms with E-state index in [0.29, 0.717) is 41.7 Å². The van der Waals surface area contributed by atoms with Gasteiger partial charge in [-0.25, -0.2) is 9.97 Å². The summed E-state index contributed by atoms with van der Waals surface area (Å²) in [6.07, 6.45) is 7.74. The van der Waals surface area contributed by atoms with Gasteiger partial charge in [0.1, 0.15) is 0 Å². The summed E-state index contributed by atoms with van der Waals surface area (Å²) in [7, 11) is 1.68. The first kappa shape index (κ1) is 22.7. The van der Waals surface area contributed by atoms with Crippen molar-refractivity contribution in [3.8, 4) is 0 Å². The van der Waals surface area contributed by atoms with Crippen LogP contribution in [-0.2, 0) is 4.79 Å². The quantitative estimate of drug-likeness (QED) is 0.452. The van der Waals surface area contributed by atoms with E-state index in [9.17, 15) is 9.59 Å². The lowest BCUT2D eigenvalue weighted by Gasteiger charge is -2.33. The SMILES string of the molecule is C=CC(=O)Nc1ccc(C(=O)N2CCC[C@@H](Nc3nccc(C(/C=C\N)=NC)n3)C2)cc1.[HH].[HH]. The molecule has 1 saturated heterocycles. The molecule has 0 saturated carbocycles. The molecule has 0 unspecified atom stereocenters. The summed E-state index contributed by atoms with van der Waals surface area (Å²) in [4.78, 5) is 39.2. The van der Waals surface area contributed by atoms with E-state index in [1.807, 2.05) is 4.90 Å². The Hall–Kier alpha value is -4.01. The summed E-state index contributed by atoms with van der Waals surface area (Å²) in [5, 5.41) is 6.00. The van der Waals surface area contributed by atoms with Crippen LogP contribution in [0.15, 0.2) is 66.5 Å². The number of hydrogen-bond donors (Lipinski definition) is 3. The predicted molar refractivity (Wildman–Crippen MR) is 130 cm³/mol. The van der Waals surface area contributed by atoms with Gasteiger partial charge in [0.2, 0.25) is 11.9 Å². The minimum atomic E-state index is -0.295. The topological polar surface area (TPSA) is 126 Å². The van der Waals surface area contributed by atoms with E-state index in [1.165, 1.54) is 12.3 Å². The molecular weight excluding hydrogens is 406 g/mol. The van der Waals surface area contributed by atoms with Gasteiger partial charge in [-0.2, -0.15) is 0 Å². The highest BCUT2D eigenvalue weighted by Crippen LogP contribution is 2.18. The number of rotatable bonds is 7. The zero-order chi connectivity index (χ0) is 22.9. The minimum Gasteiger partial charge on any atom is -0.405 e. The second kappa shape index (κ2) is 10.9. The number of allylic oxidation sites excluding steroid dienone is 1. The summed E-state index contributed by atoms with van der Waals surface area (Å²) in [5.74, 6) is 0.133. The van der Waals surface area contributed by atoms with Crippen molar-refractivity contribution < 1.29 is 12.4 Å². The highest BCUT2D eigenvalue weighted by molar-refractivity contribution is 6.07. The molecule has 1 atom stereocenters. The van der Waals surface area contributed by atoms with Crippen molar-refractivity contribution in [2.45, 2.75) is 18.9 Å². The number of aromatic nitrogens is 2. The van der Waals surface area contributed by atoms with Gasteiger partial charge in [-0.05, 0) is 61.5 Å². The van der Waals surface area contributed by atoms with Crippen molar-refractivity contribution in [1.29, 1.82) is 0 Å². The number of anilines is 2. The van der Waals surface area contributed by atoms with Gasteiger partial charge in [0, 0.05) is 46.5 Å². The van der Waals surface area contributed by atoms with Gasteiger partial charge < -0.3 is 21.3 Å². The molecule has 0 radical (unpaired) electrons. The Kier molecular flexibility index (Phi) is 7.69. The number of likely N-dealkylation sites (tertiary alicyclic amines) is 1. The Morgan fingerprint density at radius 1 is 1.31 bits per heavy atom. The van der Waals surface area contributed by atoms with Crippen LogP contribution in [0.5, 0.6) is 0 Å². The highest BCUT2D eigenvalue weighted by Gasteiger charge is 2.25. The third-order valence-electron chi connectivity index (χ3n) is 5.04. The largest absolute Gasteiger partial charge is 0.405 e. The number of nitrogens with one attached hydrogen (secondary N) is 2. The number of amides is 2. The van der Waals surface area contributed by atoms with Crippen LogP contribution >= 0.6 is 0 Å². The van der Waals surface area contributed by atoms with Crippen molar-refractivity contribution in [2.24, 2.45) is 10.7 Å². The Balaban J connectivity index is 0.00000289. The van der Waals surface area contributed by atoms with Gasteiger partial charge in [-0.3, -0.25) is 14.6 Å². The van der Waals surface area contributed by atoms with Crippen LogP contribution in [-0.4, -0.2) is 58.6 Å². The smallest absolute Gasteiger partial charge is 0.253 e. The van der Waals surface area contributed by atoms with E-state index in [-0.39, 0.29) is 20.7 Å². The Labute approximate surface area is 190 Å². The van der Waals surface area contributed by atoms with Gasteiger partial charge in [0.05, 0.1) is 11.4 Å². The molecule has 9 heteroatoms. The first-order chi connectivity index (χ1) is 15.5. The molecule has 32 heavy (non-hydrogen) atoms. The second-order valence-electron chi connectivity index (χ2n) is 7.24. The lowest BCUT2D eigenvalue weighted by atomic mass is 10.0. The summed E-state index contributed by atoms with van der Waals surface area (Å²) in [6.45, 7) is 4.65. The molecule has 3 rings (SSSR count). The molecular formula is C23H31N7O2. The predicted octanol–water partition coefficient (Wildman–Crippen LogP) is 2.70. The number of hydrogen-bond acceptors (Lipinski definition) is 7. The molecule has 2 amide bonds. The summed E-state index contributed by atoms with van der Waals surface area (Å²) >= 11 is 0. The fourth-order valence-electron chi connectivity index (χ4n) is 3.47. The number of nitrogens with zero attached hydrogens (tertiary/aromatic N) is 4. The maximum Gasteiger partial charge on any atom is 0.253 e. The van der Waals surface area contributed by atoms with Crippen molar-refractivity contribution in [3.05, 3.63) is 72.7 Å². The fraction of sp³-hybridized carbons (Fsp3) is 0.261. The molecule has 170 valence electrons. The van der Waals surface area contributed by atoms with E-state index in [0.717, 1.165) is 12.8 Å². The van der Waals surface area contributed by atoms with Crippen LogP contribution in [0, 0.1) is 0 Å². The average Bonchev–Trinajstić information content (AvgIpc) is 2.82.